The van der Waals surface area contributed by atoms with Gasteiger partial charge in [0.2, 0.25) is 0 Å². The predicted molar refractivity (Wildman–Crippen MR) is 149 cm³/mol. The molecular weight excluding hydrogens is 534 g/mol. The van der Waals surface area contributed by atoms with Crippen molar-refractivity contribution in [1.82, 2.24) is 5.32 Å². The third kappa shape index (κ3) is 13.2. The van der Waals surface area contributed by atoms with Crippen LogP contribution in [0.3, 0.4) is 0 Å². The zero-order chi connectivity index (χ0) is 30.0. The molecule has 0 aliphatic carbocycles. The van der Waals surface area contributed by atoms with Gasteiger partial charge in [0.25, 0.3) is 0 Å². The van der Waals surface area contributed by atoms with Crippen LogP contribution in [0.5, 0.6) is 11.5 Å². The van der Waals surface area contributed by atoms with E-state index in [0.717, 1.165) is 0 Å². The number of nitrogens with one attached hydrogen (secondary N) is 1. The topological polar surface area (TPSA) is 136 Å². The van der Waals surface area contributed by atoms with Crippen molar-refractivity contribution in [2.24, 2.45) is 0 Å². The summed E-state index contributed by atoms with van der Waals surface area (Å²) in [5.74, 6) is -0.714. The van der Waals surface area contributed by atoms with Crippen molar-refractivity contribution in [1.29, 1.82) is 0 Å². The number of esters is 3. The first kappa shape index (κ1) is 32.4. The van der Waals surface area contributed by atoms with E-state index in [1.165, 1.54) is 13.0 Å². The van der Waals surface area contributed by atoms with Crippen molar-refractivity contribution in [3.63, 3.8) is 0 Å². The van der Waals surface area contributed by atoms with Gasteiger partial charge in [-0.1, -0.05) is 37.4 Å². The molecule has 1 unspecified atom stereocenters. The fraction of sp³-hybridized carbons (Fsp3) is 0.333. The molecule has 2 rings (SSSR count). The van der Waals surface area contributed by atoms with E-state index < -0.39 is 30.1 Å². The largest absolute Gasteiger partial charge is 0.490 e. The Labute approximate surface area is 239 Å². The molecule has 0 aromatic heterocycles. The van der Waals surface area contributed by atoms with Crippen LogP contribution >= 0.6 is 0 Å². The molecule has 0 aliphatic heterocycles. The summed E-state index contributed by atoms with van der Waals surface area (Å²) in [6, 6.07) is 15.3. The Morgan fingerprint density at radius 1 is 0.756 bits per heavy atom. The predicted octanol–water partition coefficient (Wildman–Crippen LogP) is 4.02. The van der Waals surface area contributed by atoms with Gasteiger partial charge in [-0.15, -0.1) is 0 Å². The molecule has 11 heteroatoms. The van der Waals surface area contributed by atoms with Crippen LogP contribution < -0.4 is 14.8 Å². The van der Waals surface area contributed by atoms with Gasteiger partial charge in [-0.05, 0) is 44.2 Å². The minimum atomic E-state index is -0.828. The molecule has 0 fully saturated rings. The van der Waals surface area contributed by atoms with E-state index in [1.807, 2.05) is 6.07 Å². The maximum Gasteiger partial charge on any atom is 0.407 e. The molecule has 1 atom stereocenters. The van der Waals surface area contributed by atoms with Crippen molar-refractivity contribution < 1.29 is 47.6 Å². The zero-order valence-electron chi connectivity index (χ0n) is 23.2. The van der Waals surface area contributed by atoms with Crippen molar-refractivity contribution in [3.05, 3.63) is 84.5 Å². The molecule has 1 N–H and O–H groups in total. The van der Waals surface area contributed by atoms with Crippen molar-refractivity contribution >= 4 is 24.0 Å². The maximum absolute atomic E-state index is 12.4. The van der Waals surface area contributed by atoms with Crippen molar-refractivity contribution in [2.45, 2.75) is 26.4 Å². The summed E-state index contributed by atoms with van der Waals surface area (Å²) >= 11 is 0. The molecule has 0 saturated carbocycles. The van der Waals surface area contributed by atoms with Crippen LogP contribution in [0.15, 0.2) is 78.9 Å². The number of hydrogen-bond donors (Lipinski definition) is 1. The summed E-state index contributed by atoms with van der Waals surface area (Å²) in [6.07, 6.45) is -1.25. The van der Waals surface area contributed by atoms with Crippen molar-refractivity contribution in [2.75, 3.05) is 39.6 Å². The van der Waals surface area contributed by atoms with Crippen LogP contribution in [0.2, 0.25) is 0 Å². The fourth-order valence-corrected chi connectivity index (χ4v) is 2.93. The number of rotatable bonds is 17. The Morgan fingerprint density at radius 3 is 2.00 bits per heavy atom. The highest BCUT2D eigenvalue weighted by molar-refractivity contribution is 5.90. The first-order chi connectivity index (χ1) is 19.7. The number of alkyl carbamates (subject to hydrolysis) is 1. The second kappa shape index (κ2) is 17.7. The average molecular weight is 570 g/mol. The monoisotopic (exact) mass is 569 g/mol. The van der Waals surface area contributed by atoms with Gasteiger partial charge in [0.1, 0.15) is 31.3 Å². The highest BCUT2D eigenvalue weighted by Gasteiger charge is 2.18. The summed E-state index contributed by atoms with van der Waals surface area (Å²) in [5.41, 5.74) is 0.795. The van der Waals surface area contributed by atoms with Gasteiger partial charge in [0.15, 0.2) is 6.10 Å². The van der Waals surface area contributed by atoms with Crippen LogP contribution in [0, 0.1) is 0 Å². The normalized spacial score (nSPS) is 10.9. The number of ether oxygens (including phenoxy) is 6. The minimum Gasteiger partial charge on any atom is -0.490 e. The standard InChI is InChI=1S/C30H35NO10/c1-21(2)27(32)36-15-9-16-37-29(34)23-10-8-13-25(18-23)40-20-26(19-39-24-11-6-5-7-12-24)41-30(35)31-14-17-38-28(33)22(3)4/h5-8,10-13,18,26H,1,3,9,14-17,19-20H2,2,4H3,(H,31,35). The highest BCUT2D eigenvalue weighted by Crippen LogP contribution is 2.16. The number of carbonyl (C=O) groups is 4. The van der Waals surface area contributed by atoms with E-state index in [0.29, 0.717) is 23.5 Å². The molecule has 0 radical (unpaired) electrons. The molecule has 11 nitrogen and oxygen atoms in total. The maximum atomic E-state index is 12.4. The lowest BCUT2D eigenvalue weighted by molar-refractivity contribution is -0.139. The third-order valence-electron chi connectivity index (χ3n) is 5.01. The Balaban J connectivity index is 1.88. The molecule has 0 spiro atoms. The lowest BCUT2D eigenvalue weighted by Gasteiger charge is -2.19. The molecule has 220 valence electrons. The quantitative estimate of drug-likeness (QED) is 0.129. The van der Waals surface area contributed by atoms with Gasteiger partial charge < -0.3 is 33.7 Å². The van der Waals surface area contributed by atoms with Gasteiger partial charge >= 0.3 is 24.0 Å². The number of carbonyl (C=O) groups excluding carboxylic acids is 4. The van der Waals surface area contributed by atoms with E-state index in [4.69, 9.17) is 28.4 Å². The summed E-state index contributed by atoms with van der Waals surface area (Å²) in [5, 5.41) is 2.50. The molecule has 41 heavy (non-hydrogen) atoms. The van der Waals surface area contributed by atoms with Gasteiger partial charge in [-0.2, -0.15) is 0 Å². The lowest BCUT2D eigenvalue weighted by Crippen LogP contribution is -2.37. The van der Waals surface area contributed by atoms with Crippen LogP contribution in [0.1, 0.15) is 30.6 Å². The molecule has 0 saturated heterocycles. The minimum absolute atomic E-state index is 0.0141. The van der Waals surface area contributed by atoms with Crippen molar-refractivity contribution in [3.8, 4) is 11.5 Å². The highest BCUT2D eigenvalue weighted by atomic mass is 16.6. The van der Waals surface area contributed by atoms with Crippen LogP contribution in [0.25, 0.3) is 0 Å². The number of benzene rings is 2. The van der Waals surface area contributed by atoms with Gasteiger partial charge in [-0.3, -0.25) is 0 Å². The number of amides is 1. The van der Waals surface area contributed by atoms with Gasteiger partial charge in [0.05, 0.1) is 25.3 Å². The van der Waals surface area contributed by atoms with E-state index in [9.17, 15) is 19.2 Å². The molecular formula is C30H35NO10. The summed E-state index contributed by atoms with van der Waals surface area (Å²) < 4.78 is 32.1. The van der Waals surface area contributed by atoms with Crippen LogP contribution in [-0.4, -0.2) is 69.7 Å². The Bertz CT molecular complexity index is 1190. The van der Waals surface area contributed by atoms with E-state index in [-0.39, 0.29) is 50.7 Å². The molecule has 0 aliphatic rings. The first-order valence-corrected chi connectivity index (χ1v) is 12.8. The second-order valence-electron chi connectivity index (χ2n) is 8.74. The lowest BCUT2D eigenvalue weighted by atomic mass is 10.2. The second-order valence-corrected chi connectivity index (χ2v) is 8.74. The van der Waals surface area contributed by atoms with E-state index in [2.05, 4.69) is 18.5 Å². The van der Waals surface area contributed by atoms with E-state index >= 15 is 0 Å². The SMILES string of the molecule is C=C(C)C(=O)OCCCOC(=O)c1cccc(OCC(COc2ccccc2)OC(=O)NCCOC(=O)C(=C)C)c1. The summed E-state index contributed by atoms with van der Waals surface area (Å²) in [6.45, 7) is 10.1. The Kier molecular flexibility index (Phi) is 14.0. The molecule has 0 heterocycles. The smallest absolute Gasteiger partial charge is 0.407 e. The Hall–Kier alpha value is -4.80. The molecule has 2 aromatic rings. The number of para-hydroxylation sites is 1. The average Bonchev–Trinajstić information content (AvgIpc) is 2.96. The molecule has 2 aromatic carbocycles. The fourth-order valence-electron chi connectivity index (χ4n) is 2.93. The third-order valence-corrected chi connectivity index (χ3v) is 5.01. The van der Waals surface area contributed by atoms with Crippen LogP contribution in [0.4, 0.5) is 4.79 Å². The molecule has 1 amide bonds. The Morgan fingerprint density at radius 2 is 1.34 bits per heavy atom. The molecule has 0 bridgehead atoms. The first-order valence-electron chi connectivity index (χ1n) is 12.8. The van der Waals surface area contributed by atoms with Gasteiger partial charge in [0, 0.05) is 17.6 Å². The van der Waals surface area contributed by atoms with Gasteiger partial charge in [-0.25, -0.2) is 19.2 Å². The van der Waals surface area contributed by atoms with Crippen LogP contribution in [-0.2, 0) is 28.5 Å². The summed E-state index contributed by atoms with van der Waals surface area (Å²) in [4.78, 5) is 47.6. The zero-order valence-corrected chi connectivity index (χ0v) is 23.2. The number of hydrogen-bond acceptors (Lipinski definition) is 10. The van der Waals surface area contributed by atoms with E-state index in [1.54, 1.807) is 49.4 Å². The summed E-state index contributed by atoms with van der Waals surface area (Å²) in [7, 11) is 0.